The van der Waals surface area contributed by atoms with E-state index in [-0.39, 0.29) is 6.10 Å². The summed E-state index contributed by atoms with van der Waals surface area (Å²) in [6, 6.07) is 8.35. The summed E-state index contributed by atoms with van der Waals surface area (Å²) in [5, 5.41) is 9.93. The van der Waals surface area contributed by atoms with Crippen molar-refractivity contribution in [2.24, 2.45) is 11.8 Å². The second kappa shape index (κ2) is 4.93. The fraction of sp³-hybridized carbons (Fsp3) is 0.625. The molecule has 18 heavy (non-hydrogen) atoms. The monoisotopic (exact) mass is 245 g/mol. The molecule has 1 N–H and O–H groups in total. The molecule has 1 aromatic carbocycles. The quantitative estimate of drug-likeness (QED) is 0.830. The third-order valence-corrected chi connectivity index (χ3v) is 4.08. The van der Waals surface area contributed by atoms with Crippen molar-refractivity contribution < 1.29 is 5.11 Å². The van der Waals surface area contributed by atoms with Crippen molar-refractivity contribution in [3.05, 3.63) is 29.8 Å². The zero-order chi connectivity index (χ0) is 12.5. The second-order valence-electron chi connectivity index (χ2n) is 6.03. The van der Waals surface area contributed by atoms with Crippen LogP contribution in [0.2, 0.25) is 0 Å². The summed E-state index contributed by atoms with van der Waals surface area (Å²) >= 11 is 0. The Morgan fingerprint density at radius 1 is 1.11 bits per heavy atom. The Kier molecular flexibility index (Phi) is 3.29. The molecule has 0 bridgehead atoms. The summed E-state index contributed by atoms with van der Waals surface area (Å²) in [6.45, 7) is 4.23. The average molecular weight is 245 g/mol. The highest BCUT2D eigenvalue weighted by molar-refractivity contribution is 5.55. The predicted molar refractivity (Wildman–Crippen MR) is 74.7 cm³/mol. The molecule has 0 unspecified atom stereocenters. The van der Waals surface area contributed by atoms with E-state index in [0.717, 1.165) is 17.4 Å². The highest BCUT2D eigenvalue weighted by Gasteiger charge is 2.30. The van der Waals surface area contributed by atoms with E-state index < -0.39 is 0 Å². The molecule has 0 heterocycles. The van der Waals surface area contributed by atoms with Crippen LogP contribution >= 0.6 is 0 Å². The summed E-state index contributed by atoms with van der Waals surface area (Å²) in [7, 11) is 0. The minimum Gasteiger partial charge on any atom is -0.389 e. The van der Waals surface area contributed by atoms with E-state index in [0.29, 0.717) is 0 Å². The standard InChI is InChI=1S/C16H23NO/c1-12(18)15-4-2-3-5-16(15)17(10-13-6-7-13)11-14-8-9-14/h2-5,12-14,18H,6-11H2,1H3/t12-/m1/s1. The van der Waals surface area contributed by atoms with Crippen molar-refractivity contribution in [2.75, 3.05) is 18.0 Å². The SMILES string of the molecule is C[C@@H](O)c1ccccc1N(CC1CC1)CC1CC1. The normalized spacial score (nSPS) is 20.8. The Morgan fingerprint density at radius 3 is 2.17 bits per heavy atom. The van der Waals surface area contributed by atoms with E-state index in [1.165, 1.54) is 44.5 Å². The largest absolute Gasteiger partial charge is 0.389 e. The van der Waals surface area contributed by atoms with Crippen LogP contribution in [0.3, 0.4) is 0 Å². The molecule has 1 aromatic rings. The lowest BCUT2D eigenvalue weighted by Gasteiger charge is -2.28. The number of anilines is 1. The first-order chi connectivity index (χ1) is 8.74. The van der Waals surface area contributed by atoms with Gasteiger partial charge in [-0.2, -0.15) is 0 Å². The van der Waals surface area contributed by atoms with Gasteiger partial charge in [0.1, 0.15) is 0 Å². The van der Waals surface area contributed by atoms with Crippen LogP contribution in [0.4, 0.5) is 5.69 Å². The van der Waals surface area contributed by atoms with Crippen LogP contribution < -0.4 is 4.90 Å². The van der Waals surface area contributed by atoms with Gasteiger partial charge in [0.2, 0.25) is 0 Å². The lowest BCUT2D eigenvalue weighted by molar-refractivity contribution is 0.199. The van der Waals surface area contributed by atoms with Crippen LogP contribution in [0.5, 0.6) is 0 Å². The number of para-hydroxylation sites is 1. The number of aliphatic hydroxyl groups excluding tert-OH is 1. The van der Waals surface area contributed by atoms with Gasteiger partial charge in [0.05, 0.1) is 6.10 Å². The number of hydrogen-bond donors (Lipinski definition) is 1. The number of aliphatic hydroxyl groups is 1. The molecule has 2 heteroatoms. The fourth-order valence-corrected chi connectivity index (χ4v) is 2.62. The summed E-state index contributed by atoms with van der Waals surface area (Å²) in [4.78, 5) is 2.53. The molecule has 2 fully saturated rings. The molecule has 98 valence electrons. The van der Waals surface area contributed by atoms with Gasteiger partial charge in [-0.15, -0.1) is 0 Å². The Balaban J connectivity index is 1.82. The van der Waals surface area contributed by atoms with E-state index in [1.54, 1.807) is 0 Å². The van der Waals surface area contributed by atoms with Gasteiger partial charge in [-0.1, -0.05) is 18.2 Å². The predicted octanol–water partition coefficient (Wildman–Crippen LogP) is 3.37. The van der Waals surface area contributed by atoms with E-state index >= 15 is 0 Å². The molecule has 2 nitrogen and oxygen atoms in total. The number of hydrogen-bond acceptors (Lipinski definition) is 2. The maximum atomic E-state index is 9.93. The zero-order valence-corrected chi connectivity index (χ0v) is 11.2. The molecule has 0 aromatic heterocycles. The molecule has 1 atom stereocenters. The molecule has 2 aliphatic carbocycles. The lowest BCUT2D eigenvalue weighted by Crippen LogP contribution is -2.29. The van der Waals surface area contributed by atoms with Crippen LogP contribution in [-0.2, 0) is 0 Å². The maximum Gasteiger partial charge on any atom is 0.0781 e. The summed E-state index contributed by atoms with van der Waals surface area (Å²) in [5.74, 6) is 1.79. The fourth-order valence-electron chi connectivity index (χ4n) is 2.62. The van der Waals surface area contributed by atoms with Crippen molar-refractivity contribution in [3.63, 3.8) is 0 Å². The molecule has 0 amide bonds. The van der Waals surface area contributed by atoms with Gasteiger partial charge >= 0.3 is 0 Å². The van der Waals surface area contributed by atoms with Crippen LogP contribution in [0.15, 0.2) is 24.3 Å². The van der Waals surface area contributed by atoms with Crippen LogP contribution in [-0.4, -0.2) is 18.2 Å². The van der Waals surface area contributed by atoms with E-state index in [4.69, 9.17) is 0 Å². The maximum absolute atomic E-state index is 9.93. The first kappa shape index (κ1) is 12.0. The first-order valence-electron chi connectivity index (χ1n) is 7.26. The Labute approximate surface area is 110 Å². The molecule has 0 saturated heterocycles. The zero-order valence-electron chi connectivity index (χ0n) is 11.2. The van der Waals surface area contributed by atoms with Crippen LogP contribution in [0.1, 0.15) is 44.3 Å². The lowest BCUT2D eigenvalue weighted by atomic mass is 10.1. The van der Waals surface area contributed by atoms with Gasteiger partial charge in [-0.05, 0) is 50.5 Å². The van der Waals surface area contributed by atoms with Gasteiger partial charge < -0.3 is 10.0 Å². The molecule has 3 rings (SSSR count). The highest BCUT2D eigenvalue weighted by Crippen LogP contribution is 2.37. The van der Waals surface area contributed by atoms with Gasteiger partial charge in [0.25, 0.3) is 0 Å². The van der Waals surface area contributed by atoms with Crippen molar-refractivity contribution >= 4 is 5.69 Å². The summed E-state index contributed by atoms with van der Waals surface area (Å²) < 4.78 is 0. The smallest absolute Gasteiger partial charge is 0.0781 e. The van der Waals surface area contributed by atoms with Gasteiger partial charge in [0, 0.05) is 24.3 Å². The second-order valence-corrected chi connectivity index (χ2v) is 6.03. The van der Waals surface area contributed by atoms with Crippen molar-refractivity contribution in [1.82, 2.24) is 0 Å². The molecule has 0 aliphatic heterocycles. The topological polar surface area (TPSA) is 23.5 Å². The molecule has 0 spiro atoms. The number of rotatable bonds is 6. The average Bonchev–Trinajstić information content (AvgIpc) is 3.23. The highest BCUT2D eigenvalue weighted by atomic mass is 16.3. The minimum absolute atomic E-state index is 0.373. The van der Waals surface area contributed by atoms with Crippen molar-refractivity contribution in [2.45, 2.75) is 38.7 Å². The number of benzene rings is 1. The summed E-state index contributed by atoms with van der Waals surface area (Å²) in [5.41, 5.74) is 2.34. The van der Waals surface area contributed by atoms with Gasteiger partial charge in [0.15, 0.2) is 0 Å². The molecule has 2 aliphatic rings. The summed E-state index contributed by atoms with van der Waals surface area (Å²) in [6.07, 6.45) is 5.17. The van der Waals surface area contributed by atoms with E-state index in [1.807, 2.05) is 13.0 Å². The molecular weight excluding hydrogens is 222 g/mol. The van der Waals surface area contributed by atoms with Gasteiger partial charge in [-0.3, -0.25) is 0 Å². The van der Waals surface area contributed by atoms with Crippen molar-refractivity contribution in [1.29, 1.82) is 0 Å². The Morgan fingerprint density at radius 2 is 1.67 bits per heavy atom. The van der Waals surface area contributed by atoms with Gasteiger partial charge in [-0.25, -0.2) is 0 Å². The third-order valence-electron chi connectivity index (χ3n) is 4.08. The third kappa shape index (κ3) is 2.86. The molecular formula is C16H23NO. The number of nitrogens with zero attached hydrogens (tertiary/aromatic N) is 1. The molecule has 0 radical (unpaired) electrons. The Hall–Kier alpha value is -1.02. The van der Waals surface area contributed by atoms with Crippen molar-refractivity contribution in [3.8, 4) is 0 Å². The minimum atomic E-state index is -0.373. The molecule has 2 saturated carbocycles. The van der Waals surface area contributed by atoms with E-state index in [9.17, 15) is 5.11 Å². The van der Waals surface area contributed by atoms with E-state index in [2.05, 4.69) is 23.1 Å². The van der Waals surface area contributed by atoms with Crippen LogP contribution in [0.25, 0.3) is 0 Å². The van der Waals surface area contributed by atoms with Crippen LogP contribution in [0, 0.1) is 11.8 Å². The Bertz CT molecular complexity index is 393. The first-order valence-corrected chi connectivity index (χ1v) is 7.26.